The van der Waals surface area contributed by atoms with Gasteiger partial charge in [-0.25, -0.2) is 0 Å². The van der Waals surface area contributed by atoms with Crippen LogP contribution < -0.4 is 5.43 Å². The topological polar surface area (TPSA) is 33.6 Å². The lowest BCUT2D eigenvalue weighted by Gasteiger charge is -2.33. The lowest BCUT2D eigenvalue weighted by atomic mass is 9.81. The molecule has 0 aromatic heterocycles. The summed E-state index contributed by atoms with van der Waals surface area (Å²) in [5, 5.41) is 4.44. The monoisotopic (exact) mass is 264 g/mol. The van der Waals surface area contributed by atoms with Crippen LogP contribution in [0.3, 0.4) is 0 Å². The normalized spacial score (nSPS) is 29.0. The molecule has 3 heteroatoms. The fourth-order valence-corrected chi connectivity index (χ4v) is 3.22. The molecule has 1 aliphatic carbocycles. The van der Waals surface area contributed by atoms with E-state index in [2.05, 4.69) is 45.1 Å². The first-order valence-corrected chi connectivity index (χ1v) is 7.54. The van der Waals surface area contributed by atoms with Gasteiger partial charge >= 0.3 is 0 Å². The molecule has 2 aliphatic rings. The van der Waals surface area contributed by atoms with Gasteiger partial charge in [0.15, 0.2) is 0 Å². The number of rotatable bonds is 1. The average molecular weight is 264 g/mol. The molecule has 0 radical (unpaired) electrons. The summed E-state index contributed by atoms with van der Waals surface area (Å²) in [7, 11) is 0. The van der Waals surface area contributed by atoms with Crippen LogP contribution in [0, 0.1) is 5.92 Å². The van der Waals surface area contributed by atoms with E-state index in [9.17, 15) is 0 Å². The fourth-order valence-electron chi connectivity index (χ4n) is 3.22. The molecule has 108 valence electrons. The Hall–Kier alpha value is -0.830. The van der Waals surface area contributed by atoms with Gasteiger partial charge in [0.1, 0.15) is 0 Å². The minimum atomic E-state index is -0.0320. The molecule has 3 nitrogen and oxygen atoms in total. The van der Waals surface area contributed by atoms with Crippen LogP contribution in [0.4, 0.5) is 0 Å². The van der Waals surface area contributed by atoms with Gasteiger partial charge in [-0.1, -0.05) is 0 Å². The van der Waals surface area contributed by atoms with Crippen molar-refractivity contribution in [1.82, 2.24) is 5.43 Å². The summed E-state index contributed by atoms with van der Waals surface area (Å²) in [6.07, 6.45) is 6.30. The number of hydrogen-bond donors (Lipinski definition) is 1. The zero-order valence-corrected chi connectivity index (χ0v) is 13.0. The Morgan fingerprint density at radius 2 is 1.89 bits per heavy atom. The fraction of sp³-hybridized carbons (Fsp3) is 0.812. The Morgan fingerprint density at radius 3 is 2.58 bits per heavy atom. The van der Waals surface area contributed by atoms with Crippen molar-refractivity contribution >= 4 is 5.71 Å². The van der Waals surface area contributed by atoms with E-state index in [1.807, 2.05) is 0 Å². The van der Waals surface area contributed by atoms with Gasteiger partial charge in [0.05, 0.1) is 11.7 Å². The second kappa shape index (κ2) is 5.66. The quantitative estimate of drug-likeness (QED) is 0.776. The van der Waals surface area contributed by atoms with E-state index >= 15 is 0 Å². The van der Waals surface area contributed by atoms with Gasteiger partial charge in [0.25, 0.3) is 0 Å². The minimum Gasteiger partial charge on any atom is -0.373 e. The first kappa shape index (κ1) is 14.6. The van der Waals surface area contributed by atoms with Gasteiger partial charge < -0.3 is 4.74 Å². The van der Waals surface area contributed by atoms with Crippen molar-refractivity contribution in [3.05, 3.63) is 11.3 Å². The van der Waals surface area contributed by atoms with Crippen molar-refractivity contribution in [2.75, 3.05) is 0 Å². The van der Waals surface area contributed by atoms with E-state index < -0.39 is 0 Å². The smallest absolute Gasteiger partial charge is 0.0602 e. The summed E-state index contributed by atoms with van der Waals surface area (Å²) in [5.41, 5.74) is 7.21. The van der Waals surface area contributed by atoms with Gasteiger partial charge in [-0.3, -0.25) is 5.43 Å². The van der Waals surface area contributed by atoms with Crippen LogP contribution in [0.2, 0.25) is 0 Å². The predicted octanol–water partition coefficient (Wildman–Crippen LogP) is 4.00. The first-order chi connectivity index (χ1) is 8.87. The Bertz CT molecular complexity index is 390. The van der Waals surface area contributed by atoms with Crippen molar-refractivity contribution in [3.63, 3.8) is 0 Å². The minimum absolute atomic E-state index is 0.0320. The number of fused-ring (bicyclic) bond motifs is 1. The lowest BCUT2D eigenvalue weighted by Crippen LogP contribution is -2.32. The summed E-state index contributed by atoms with van der Waals surface area (Å²) in [5.74, 6) is 0.535. The van der Waals surface area contributed by atoms with E-state index in [4.69, 9.17) is 4.74 Å². The highest BCUT2D eigenvalue weighted by molar-refractivity contribution is 5.87. The van der Waals surface area contributed by atoms with Crippen LogP contribution in [-0.4, -0.2) is 17.4 Å². The van der Waals surface area contributed by atoms with Crippen LogP contribution in [0.1, 0.15) is 66.7 Å². The molecule has 2 unspecified atom stereocenters. The number of allylic oxidation sites excluding steroid dienone is 2. The molecule has 1 saturated carbocycles. The summed E-state index contributed by atoms with van der Waals surface area (Å²) in [6.45, 7) is 10.8. The molecule has 1 heterocycles. The molecule has 0 aromatic carbocycles. The molecule has 0 amide bonds. The molecule has 2 rings (SSSR count). The SMILES string of the molecule is CC1=NNC(C)=C2CCCC(OC(C)(C)C)CCC12. The van der Waals surface area contributed by atoms with Crippen molar-refractivity contribution in [3.8, 4) is 0 Å². The van der Waals surface area contributed by atoms with E-state index in [-0.39, 0.29) is 5.60 Å². The number of ether oxygens (including phenoxy) is 1. The second-order valence-corrected chi connectivity index (χ2v) is 6.89. The third-order valence-corrected chi connectivity index (χ3v) is 4.08. The standard InChI is InChI=1S/C16H28N2O/c1-11-14-8-6-7-13(19-16(3,4)5)9-10-15(14)12(2)18-17-11/h13,15,17H,6-10H2,1-5H3. The van der Waals surface area contributed by atoms with Crippen LogP contribution >= 0.6 is 0 Å². The van der Waals surface area contributed by atoms with Crippen molar-refractivity contribution in [2.24, 2.45) is 11.0 Å². The highest BCUT2D eigenvalue weighted by Crippen LogP contribution is 2.33. The van der Waals surface area contributed by atoms with Crippen LogP contribution in [0.5, 0.6) is 0 Å². The molecule has 0 bridgehead atoms. The molecular formula is C16H28N2O. The predicted molar refractivity (Wildman–Crippen MR) is 80.1 cm³/mol. The molecule has 19 heavy (non-hydrogen) atoms. The van der Waals surface area contributed by atoms with Crippen molar-refractivity contribution in [2.45, 2.75) is 78.4 Å². The molecule has 1 aliphatic heterocycles. The highest BCUT2D eigenvalue weighted by Gasteiger charge is 2.28. The van der Waals surface area contributed by atoms with Crippen LogP contribution in [0.15, 0.2) is 16.4 Å². The van der Waals surface area contributed by atoms with Gasteiger partial charge in [-0.15, -0.1) is 0 Å². The number of nitrogens with one attached hydrogen (secondary N) is 1. The van der Waals surface area contributed by atoms with Gasteiger partial charge in [0, 0.05) is 17.3 Å². The number of hydrogen-bond acceptors (Lipinski definition) is 3. The summed E-state index contributed by atoms with van der Waals surface area (Å²) in [4.78, 5) is 0. The number of nitrogens with zero attached hydrogens (tertiary/aromatic N) is 1. The third kappa shape index (κ3) is 3.82. The maximum atomic E-state index is 6.18. The van der Waals surface area contributed by atoms with Gasteiger partial charge in [-0.05, 0) is 72.3 Å². The van der Waals surface area contributed by atoms with Crippen LogP contribution in [-0.2, 0) is 4.74 Å². The van der Waals surface area contributed by atoms with E-state index in [1.165, 1.54) is 37.1 Å². The van der Waals surface area contributed by atoms with E-state index in [1.54, 1.807) is 5.57 Å². The van der Waals surface area contributed by atoms with E-state index in [0.29, 0.717) is 12.0 Å². The Kier molecular flexibility index (Phi) is 4.34. The maximum Gasteiger partial charge on any atom is 0.0602 e. The van der Waals surface area contributed by atoms with Gasteiger partial charge in [0.2, 0.25) is 0 Å². The van der Waals surface area contributed by atoms with Gasteiger partial charge in [-0.2, -0.15) is 5.10 Å². The van der Waals surface area contributed by atoms with E-state index in [0.717, 1.165) is 6.42 Å². The zero-order valence-electron chi connectivity index (χ0n) is 13.0. The summed E-state index contributed by atoms with van der Waals surface area (Å²) >= 11 is 0. The Labute approximate surface area is 117 Å². The summed E-state index contributed by atoms with van der Waals surface area (Å²) < 4.78 is 6.18. The molecule has 0 saturated heterocycles. The molecule has 0 spiro atoms. The number of hydrazone groups is 1. The lowest BCUT2D eigenvalue weighted by molar-refractivity contribution is -0.0688. The third-order valence-electron chi connectivity index (χ3n) is 4.08. The first-order valence-electron chi connectivity index (χ1n) is 7.54. The van der Waals surface area contributed by atoms with Crippen molar-refractivity contribution < 1.29 is 4.74 Å². The molecule has 1 fully saturated rings. The Balaban J connectivity index is 2.05. The molecule has 0 aromatic rings. The zero-order chi connectivity index (χ0) is 14.0. The highest BCUT2D eigenvalue weighted by atomic mass is 16.5. The van der Waals surface area contributed by atoms with Crippen LogP contribution in [0.25, 0.3) is 0 Å². The van der Waals surface area contributed by atoms with Crippen molar-refractivity contribution in [1.29, 1.82) is 0 Å². The largest absolute Gasteiger partial charge is 0.373 e. The molecule has 1 N–H and O–H groups in total. The average Bonchev–Trinajstić information content (AvgIpc) is 2.26. The molecule has 2 atom stereocenters. The second-order valence-electron chi connectivity index (χ2n) is 6.89. The maximum absolute atomic E-state index is 6.18. The molecular weight excluding hydrogens is 236 g/mol. The Morgan fingerprint density at radius 1 is 1.16 bits per heavy atom. The summed E-state index contributed by atoms with van der Waals surface area (Å²) in [6, 6.07) is 0.